The van der Waals surface area contributed by atoms with E-state index >= 15 is 0 Å². The molecule has 0 saturated carbocycles. The molecule has 1 atom stereocenters. The van der Waals surface area contributed by atoms with Gasteiger partial charge < -0.3 is 9.47 Å². The summed E-state index contributed by atoms with van der Waals surface area (Å²) in [5.41, 5.74) is 0.843. The van der Waals surface area contributed by atoms with Crippen molar-refractivity contribution in [1.29, 1.82) is 0 Å². The fourth-order valence-electron chi connectivity index (χ4n) is 2.93. The van der Waals surface area contributed by atoms with Crippen LogP contribution in [-0.2, 0) is 9.53 Å². The Kier molecular flexibility index (Phi) is 7.59. The third kappa shape index (κ3) is 5.14. The van der Waals surface area contributed by atoms with Gasteiger partial charge in [0.15, 0.2) is 11.9 Å². The van der Waals surface area contributed by atoms with Crippen LogP contribution in [0.15, 0.2) is 44.7 Å². The van der Waals surface area contributed by atoms with Crippen LogP contribution in [0.5, 0.6) is 5.75 Å². The maximum Gasteiger partial charge on any atom is 0.346 e. The van der Waals surface area contributed by atoms with E-state index in [0.29, 0.717) is 22.3 Å². The van der Waals surface area contributed by atoms with Crippen molar-refractivity contribution in [3.05, 3.63) is 66.6 Å². The van der Waals surface area contributed by atoms with E-state index in [1.54, 1.807) is 24.3 Å². The van der Waals surface area contributed by atoms with Crippen molar-refractivity contribution in [3.8, 4) is 5.75 Å². The van der Waals surface area contributed by atoms with Gasteiger partial charge in [0.25, 0.3) is 5.56 Å². The van der Waals surface area contributed by atoms with Crippen molar-refractivity contribution in [2.45, 2.75) is 32.8 Å². The first-order valence-corrected chi connectivity index (χ1v) is 11.2. The van der Waals surface area contributed by atoms with E-state index in [9.17, 15) is 9.59 Å². The molecule has 0 bridgehead atoms. The fourth-order valence-corrected chi connectivity index (χ4v) is 3.89. The van der Waals surface area contributed by atoms with Crippen molar-refractivity contribution < 1.29 is 14.3 Å². The van der Waals surface area contributed by atoms with Crippen LogP contribution >= 0.6 is 39.1 Å². The number of hydrogen-bond acceptors (Lipinski definition) is 6. The minimum absolute atomic E-state index is 0.0457. The number of carbonyl (C=O) groups excluding carboxylic acids is 1. The molecule has 2 aromatic carbocycles. The standard InChI is InChI=1S/C22H20BrCl2N3O4/c1-11(2)20-27-18-6-5-14(23)9-15(18)21(29)28(20)26-10-13-7-16(24)19(17(25)8-13)32-12(3)22(30)31-4/h5-12H,1-4H3/t12-/m1/s1. The van der Waals surface area contributed by atoms with E-state index in [-0.39, 0.29) is 27.3 Å². The number of hydrogen-bond donors (Lipinski definition) is 0. The van der Waals surface area contributed by atoms with E-state index in [2.05, 4.69) is 30.8 Å². The molecule has 168 valence electrons. The lowest BCUT2D eigenvalue weighted by Gasteiger charge is -2.15. The van der Waals surface area contributed by atoms with Crippen molar-refractivity contribution in [2.24, 2.45) is 5.10 Å². The molecule has 1 aromatic heterocycles. The molecule has 0 aliphatic rings. The van der Waals surface area contributed by atoms with Gasteiger partial charge in [-0.15, -0.1) is 0 Å². The van der Waals surface area contributed by atoms with Crippen molar-refractivity contribution >= 4 is 62.2 Å². The summed E-state index contributed by atoms with van der Waals surface area (Å²) in [6.45, 7) is 5.39. The van der Waals surface area contributed by atoms with Gasteiger partial charge in [0, 0.05) is 10.4 Å². The molecule has 0 amide bonds. The summed E-state index contributed by atoms with van der Waals surface area (Å²) in [6, 6.07) is 8.47. The van der Waals surface area contributed by atoms with Crippen LogP contribution in [-0.4, -0.2) is 35.1 Å². The van der Waals surface area contributed by atoms with Crippen LogP contribution < -0.4 is 10.3 Å². The summed E-state index contributed by atoms with van der Waals surface area (Å²) in [7, 11) is 1.26. The van der Waals surface area contributed by atoms with Crippen molar-refractivity contribution in [2.75, 3.05) is 7.11 Å². The molecule has 7 nitrogen and oxygen atoms in total. The van der Waals surface area contributed by atoms with Gasteiger partial charge in [-0.05, 0) is 42.8 Å². The minimum Gasteiger partial charge on any atom is -0.476 e. The first-order chi connectivity index (χ1) is 15.1. The first kappa shape index (κ1) is 24.2. The molecule has 0 saturated heterocycles. The lowest BCUT2D eigenvalue weighted by Crippen LogP contribution is -2.25. The van der Waals surface area contributed by atoms with Gasteiger partial charge >= 0.3 is 5.97 Å². The largest absolute Gasteiger partial charge is 0.476 e. The zero-order chi connectivity index (χ0) is 23.6. The summed E-state index contributed by atoms with van der Waals surface area (Å²) in [6.07, 6.45) is 0.578. The number of ether oxygens (including phenoxy) is 2. The Labute approximate surface area is 203 Å². The van der Waals surface area contributed by atoms with Gasteiger partial charge in [-0.2, -0.15) is 9.78 Å². The lowest BCUT2D eigenvalue weighted by molar-refractivity contribution is -0.147. The second-order valence-corrected chi connectivity index (χ2v) is 8.97. The molecule has 3 aromatic rings. The SMILES string of the molecule is COC(=O)[C@@H](C)Oc1c(Cl)cc(C=Nn2c(C(C)C)nc3ccc(Br)cc3c2=O)cc1Cl. The highest BCUT2D eigenvalue weighted by molar-refractivity contribution is 9.10. The Morgan fingerprint density at radius 1 is 1.19 bits per heavy atom. The minimum atomic E-state index is -0.885. The van der Waals surface area contributed by atoms with Crippen LogP contribution in [0, 0.1) is 0 Å². The fraction of sp³-hybridized carbons (Fsp3) is 0.273. The topological polar surface area (TPSA) is 82.8 Å². The van der Waals surface area contributed by atoms with Gasteiger partial charge in [0.05, 0.1) is 34.3 Å². The van der Waals surface area contributed by atoms with Crippen LogP contribution in [0.1, 0.15) is 38.1 Å². The number of esters is 1. The van der Waals surface area contributed by atoms with Crippen LogP contribution in [0.3, 0.4) is 0 Å². The molecule has 3 rings (SSSR count). The normalized spacial score (nSPS) is 12.5. The molecule has 0 unspecified atom stereocenters. The number of halogens is 3. The average Bonchev–Trinajstić information content (AvgIpc) is 2.74. The maximum atomic E-state index is 13.1. The molecule has 10 heteroatoms. The number of methoxy groups -OCH3 is 1. The molecule has 1 heterocycles. The zero-order valence-electron chi connectivity index (χ0n) is 17.7. The van der Waals surface area contributed by atoms with Gasteiger partial charge in [-0.3, -0.25) is 4.79 Å². The van der Waals surface area contributed by atoms with E-state index in [1.807, 2.05) is 19.9 Å². The number of nitrogens with zero attached hydrogens (tertiary/aromatic N) is 3. The molecule has 0 radical (unpaired) electrons. The number of fused-ring (bicyclic) bond motifs is 1. The summed E-state index contributed by atoms with van der Waals surface area (Å²) in [4.78, 5) is 29.3. The van der Waals surface area contributed by atoms with Crippen LogP contribution in [0.4, 0.5) is 0 Å². The van der Waals surface area contributed by atoms with Gasteiger partial charge in [0.1, 0.15) is 5.82 Å². The second kappa shape index (κ2) is 10.0. The Morgan fingerprint density at radius 2 is 1.84 bits per heavy atom. The number of benzene rings is 2. The smallest absolute Gasteiger partial charge is 0.346 e. The van der Waals surface area contributed by atoms with Crippen molar-refractivity contribution in [3.63, 3.8) is 0 Å². The summed E-state index contributed by atoms with van der Waals surface area (Å²) in [5, 5.41) is 5.18. The van der Waals surface area contributed by atoms with E-state index in [1.165, 1.54) is 24.9 Å². The molecule has 0 aliphatic heterocycles. The quantitative estimate of drug-likeness (QED) is 0.308. The first-order valence-electron chi connectivity index (χ1n) is 9.62. The zero-order valence-corrected chi connectivity index (χ0v) is 20.8. The summed E-state index contributed by atoms with van der Waals surface area (Å²) in [5.74, 6) is 0.0697. The number of carbonyl (C=O) groups is 1. The van der Waals surface area contributed by atoms with E-state index < -0.39 is 12.1 Å². The molecule has 0 aliphatic carbocycles. The molecular formula is C22H20BrCl2N3O4. The third-order valence-electron chi connectivity index (χ3n) is 4.52. The highest BCUT2D eigenvalue weighted by Crippen LogP contribution is 2.34. The van der Waals surface area contributed by atoms with E-state index in [0.717, 1.165) is 4.47 Å². The van der Waals surface area contributed by atoms with Gasteiger partial charge in [-0.1, -0.05) is 53.0 Å². The molecule has 0 spiro atoms. The summed E-state index contributed by atoms with van der Waals surface area (Å²) < 4.78 is 12.2. The molecule has 0 N–H and O–H groups in total. The highest BCUT2D eigenvalue weighted by atomic mass is 79.9. The number of aromatic nitrogens is 2. The summed E-state index contributed by atoms with van der Waals surface area (Å²) >= 11 is 16.0. The van der Waals surface area contributed by atoms with Gasteiger partial charge in [-0.25, -0.2) is 9.78 Å². The Bertz CT molecular complexity index is 1250. The van der Waals surface area contributed by atoms with Crippen molar-refractivity contribution in [1.82, 2.24) is 9.66 Å². The van der Waals surface area contributed by atoms with Crippen LogP contribution in [0.2, 0.25) is 10.0 Å². The Hall–Kier alpha value is -2.42. The molecule has 0 fully saturated rings. The second-order valence-electron chi connectivity index (χ2n) is 7.24. The number of rotatable bonds is 6. The predicted molar refractivity (Wildman–Crippen MR) is 129 cm³/mol. The molecule has 32 heavy (non-hydrogen) atoms. The average molecular weight is 541 g/mol. The Morgan fingerprint density at radius 3 is 2.44 bits per heavy atom. The lowest BCUT2D eigenvalue weighted by atomic mass is 10.2. The monoisotopic (exact) mass is 539 g/mol. The van der Waals surface area contributed by atoms with Crippen LogP contribution in [0.25, 0.3) is 10.9 Å². The predicted octanol–water partition coefficient (Wildman–Crippen LogP) is 5.41. The highest BCUT2D eigenvalue weighted by Gasteiger charge is 2.19. The van der Waals surface area contributed by atoms with E-state index in [4.69, 9.17) is 27.9 Å². The van der Waals surface area contributed by atoms with Gasteiger partial charge in [0.2, 0.25) is 0 Å². The molecular weight excluding hydrogens is 521 g/mol. The maximum absolute atomic E-state index is 13.1. The third-order valence-corrected chi connectivity index (χ3v) is 5.58. The Balaban J connectivity index is 2.02.